The zero-order valence-corrected chi connectivity index (χ0v) is 11.1. The van der Waals surface area contributed by atoms with Crippen molar-refractivity contribution in [3.8, 4) is 0 Å². The van der Waals surface area contributed by atoms with Crippen LogP contribution in [0.15, 0.2) is 0 Å². The molecule has 1 N–H and O–H groups in total. The van der Waals surface area contributed by atoms with Crippen molar-refractivity contribution < 1.29 is 8.42 Å². The van der Waals surface area contributed by atoms with E-state index in [0.29, 0.717) is 5.11 Å². The summed E-state index contributed by atoms with van der Waals surface area (Å²) in [6.07, 6.45) is 4.95. The lowest BCUT2D eigenvalue weighted by Crippen LogP contribution is -2.41. The highest BCUT2D eigenvalue weighted by atomic mass is 32.3. The second-order valence-corrected chi connectivity index (χ2v) is 5.73. The van der Waals surface area contributed by atoms with E-state index in [1.54, 1.807) is 0 Å². The molecule has 0 aromatic carbocycles. The second kappa shape index (κ2) is 7.30. The molecule has 0 aliphatic carbocycles. The molecule has 0 aromatic rings. The molecule has 0 radical (unpaired) electrons. The van der Waals surface area contributed by atoms with Crippen LogP contribution in [0.1, 0.15) is 19.8 Å². The van der Waals surface area contributed by atoms with Crippen LogP contribution in [0, 0.1) is 0 Å². The van der Waals surface area contributed by atoms with Gasteiger partial charge in [-0.15, -0.1) is 0 Å². The van der Waals surface area contributed by atoms with Crippen molar-refractivity contribution in [2.75, 3.05) is 19.1 Å². The first-order valence-corrected chi connectivity index (χ1v) is 7.69. The zero-order chi connectivity index (χ0) is 11.1. The summed E-state index contributed by atoms with van der Waals surface area (Å²) in [7, 11) is -2.68. The van der Waals surface area contributed by atoms with Gasteiger partial charge in [-0.05, 0) is 18.6 Å². The van der Waals surface area contributed by atoms with Gasteiger partial charge in [0.25, 0.3) is 0 Å². The average molecular weight is 256 g/mol. The van der Waals surface area contributed by atoms with Crippen molar-refractivity contribution in [2.24, 2.45) is 0 Å². The summed E-state index contributed by atoms with van der Waals surface area (Å²) >= 11 is 4.97. The molecule has 0 spiro atoms. The molecule has 0 amide bonds. The Bertz CT molecular complexity index is 231. The molecule has 7 heteroatoms. The summed E-state index contributed by atoms with van der Waals surface area (Å²) in [5.74, 6) is 0. The van der Waals surface area contributed by atoms with E-state index in [4.69, 9.17) is 12.2 Å². The highest BCUT2D eigenvalue weighted by molar-refractivity contribution is 7.99. The lowest BCUT2D eigenvalue weighted by Gasteiger charge is -2.19. The van der Waals surface area contributed by atoms with Gasteiger partial charge in [0.15, 0.2) is 5.11 Å². The molecule has 0 saturated heterocycles. The molecule has 0 aromatic heterocycles. The van der Waals surface area contributed by atoms with Gasteiger partial charge in [-0.3, -0.25) is 0 Å². The fourth-order valence-electron chi connectivity index (χ4n) is 0.818. The van der Waals surface area contributed by atoms with Crippen molar-refractivity contribution in [1.82, 2.24) is 9.03 Å². The molecule has 0 aliphatic rings. The van der Waals surface area contributed by atoms with Gasteiger partial charge in [0.1, 0.15) is 22.0 Å². The summed E-state index contributed by atoms with van der Waals surface area (Å²) in [5, 5.41) is 3.21. The number of hydrogen-bond acceptors (Lipinski definition) is 3. The van der Waals surface area contributed by atoms with Crippen molar-refractivity contribution in [3.63, 3.8) is 0 Å². The maximum Gasteiger partial charge on any atom is 0.193 e. The Balaban J connectivity index is 4.17. The van der Waals surface area contributed by atoms with Gasteiger partial charge >= 0.3 is 0 Å². The maximum absolute atomic E-state index is 11.2. The van der Waals surface area contributed by atoms with Crippen LogP contribution in [0.4, 0.5) is 0 Å². The van der Waals surface area contributed by atoms with E-state index in [1.165, 1.54) is 16.2 Å². The number of nitrogens with zero attached hydrogens (tertiary/aromatic N) is 1. The van der Waals surface area contributed by atoms with Gasteiger partial charge in [-0.2, -0.15) is 3.71 Å². The van der Waals surface area contributed by atoms with Crippen molar-refractivity contribution in [1.29, 1.82) is 0 Å². The van der Waals surface area contributed by atoms with E-state index in [-0.39, 0.29) is 0 Å². The van der Waals surface area contributed by atoms with E-state index in [9.17, 15) is 8.42 Å². The van der Waals surface area contributed by atoms with Gasteiger partial charge in [-0.25, -0.2) is 8.42 Å². The van der Waals surface area contributed by atoms with E-state index in [1.807, 2.05) is 0 Å². The molecule has 84 valence electrons. The molecule has 2 unspecified atom stereocenters. The second-order valence-electron chi connectivity index (χ2n) is 2.69. The van der Waals surface area contributed by atoms with Crippen LogP contribution in [0.5, 0.6) is 0 Å². The van der Waals surface area contributed by atoms with Crippen LogP contribution >= 0.6 is 12.2 Å². The standard InChI is InChI=1S/C7H16N2O2S3/c1-4-5-6-8-7(12)9(13(2)10)14(3)11/h4-6H2,1-3H3,(H,8,12). The average Bonchev–Trinajstić information content (AvgIpc) is 2.03. The lowest BCUT2D eigenvalue weighted by molar-refractivity contribution is 0.649. The largest absolute Gasteiger partial charge is 0.361 e. The summed E-state index contributed by atoms with van der Waals surface area (Å²) < 4.78 is 23.5. The summed E-state index contributed by atoms with van der Waals surface area (Å²) in [6, 6.07) is 0. The third-order valence-corrected chi connectivity index (χ3v) is 4.56. The number of unbranched alkanes of at least 4 members (excludes halogenated alkanes) is 1. The molecular weight excluding hydrogens is 240 g/mol. The number of rotatable bonds is 5. The monoisotopic (exact) mass is 256 g/mol. The molecule has 0 saturated carbocycles. The van der Waals surface area contributed by atoms with Crippen LogP contribution < -0.4 is 5.32 Å². The third kappa shape index (κ3) is 5.02. The summed E-state index contributed by atoms with van der Waals surface area (Å²) in [6.45, 7) is 2.79. The van der Waals surface area contributed by atoms with Crippen LogP contribution in [0.3, 0.4) is 0 Å². The minimum atomic E-state index is -1.34. The van der Waals surface area contributed by atoms with Gasteiger partial charge in [0.2, 0.25) is 0 Å². The first kappa shape index (κ1) is 14.0. The SMILES string of the molecule is CCCCNC(=S)N(S(C)=O)S(C)=O. The molecule has 0 heterocycles. The minimum absolute atomic E-state index is 0.292. The van der Waals surface area contributed by atoms with Gasteiger partial charge in [-0.1, -0.05) is 13.3 Å². The molecule has 4 nitrogen and oxygen atoms in total. The Hall–Kier alpha value is -0.0100. The molecule has 2 atom stereocenters. The summed E-state index contributed by atoms with van der Waals surface area (Å²) in [5.41, 5.74) is 0. The number of nitrogens with one attached hydrogen (secondary N) is 1. The predicted molar refractivity (Wildman–Crippen MR) is 65.5 cm³/mol. The zero-order valence-electron chi connectivity index (χ0n) is 8.61. The first-order chi connectivity index (χ1) is 6.50. The molecule has 0 rings (SSSR count). The Kier molecular flexibility index (Phi) is 7.30. The van der Waals surface area contributed by atoms with Gasteiger partial charge in [0, 0.05) is 19.1 Å². The van der Waals surface area contributed by atoms with Crippen LogP contribution in [-0.2, 0) is 22.0 Å². The minimum Gasteiger partial charge on any atom is -0.361 e. The van der Waals surface area contributed by atoms with Crippen molar-refractivity contribution in [3.05, 3.63) is 0 Å². The number of thiocarbonyl (C=S) groups is 1. The van der Waals surface area contributed by atoms with E-state index < -0.39 is 22.0 Å². The van der Waals surface area contributed by atoms with Crippen molar-refractivity contribution in [2.45, 2.75) is 19.8 Å². The Morgan fingerprint density at radius 2 is 1.86 bits per heavy atom. The lowest BCUT2D eigenvalue weighted by atomic mass is 10.3. The fourth-order valence-corrected chi connectivity index (χ4v) is 3.33. The smallest absolute Gasteiger partial charge is 0.193 e. The molecular formula is C7H16N2O2S3. The number of hydrogen-bond donors (Lipinski definition) is 1. The van der Waals surface area contributed by atoms with Crippen LogP contribution in [0.25, 0.3) is 0 Å². The molecule has 14 heavy (non-hydrogen) atoms. The molecule has 0 fully saturated rings. The first-order valence-electron chi connectivity index (χ1n) is 4.25. The normalized spacial score (nSPS) is 14.5. The Morgan fingerprint density at radius 3 is 2.21 bits per heavy atom. The van der Waals surface area contributed by atoms with E-state index in [2.05, 4.69) is 12.2 Å². The quantitative estimate of drug-likeness (QED) is 0.576. The third-order valence-electron chi connectivity index (χ3n) is 1.44. The highest BCUT2D eigenvalue weighted by Gasteiger charge is 2.16. The van der Waals surface area contributed by atoms with Gasteiger partial charge < -0.3 is 5.32 Å². The topological polar surface area (TPSA) is 49.4 Å². The summed E-state index contributed by atoms with van der Waals surface area (Å²) in [4.78, 5) is 0. The van der Waals surface area contributed by atoms with E-state index in [0.717, 1.165) is 19.4 Å². The molecule has 0 aliphatic heterocycles. The van der Waals surface area contributed by atoms with Crippen molar-refractivity contribution >= 4 is 39.3 Å². The van der Waals surface area contributed by atoms with Crippen LogP contribution in [-0.4, -0.2) is 36.3 Å². The van der Waals surface area contributed by atoms with Crippen LogP contribution in [0.2, 0.25) is 0 Å². The highest BCUT2D eigenvalue weighted by Crippen LogP contribution is 1.98. The Morgan fingerprint density at radius 1 is 1.36 bits per heavy atom. The van der Waals surface area contributed by atoms with Gasteiger partial charge in [0.05, 0.1) is 0 Å². The Labute approximate surface area is 95.6 Å². The fraction of sp³-hybridized carbons (Fsp3) is 0.857. The predicted octanol–water partition coefficient (Wildman–Crippen LogP) is 0.550. The molecule has 0 bridgehead atoms. The van der Waals surface area contributed by atoms with E-state index >= 15 is 0 Å². The maximum atomic E-state index is 11.2.